The minimum atomic E-state index is 0.0992. The Labute approximate surface area is 106 Å². The third kappa shape index (κ3) is 4.35. The molecule has 1 aromatic carbocycles. The highest BCUT2D eigenvalue weighted by atomic mass is 79.9. The lowest BCUT2D eigenvalue weighted by Crippen LogP contribution is -2.30. The highest BCUT2D eigenvalue weighted by Gasteiger charge is 2.06. The molecule has 1 atom stereocenters. The number of hydrogen-bond acceptors (Lipinski definition) is 1. The number of hydrogen-bond donors (Lipinski definition) is 1. The predicted molar refractivity (Wildman–Crippen MR) is 70.9 cm³/mol. The lowest BCUT2D eigenvalue weighted by molar-refractivity contribution is -0.120. The number of carbonyl (C=O) groups is 1. The van der Waals surface area contributed by atoms with Crippen molar-refractivity contribution in [3.8, 4) is 0 Å². The molecule has 0 fully saturated rings. The Bertz CT molecular complexity index is 352. The van der Waals surface area contributed by atoms with Crippen molar-refractivity contribution >= 4 is 21.8 Å². The van der Waals surface area contributed by atoms with Crippen LogP contribution in [0, 0.1) is 12.8 Å². The zero-order valence-corrected chi connectivity index (χ0v) is 11.4. The SMILES string of the molecule is Cc1ccccc1CC(=O)NCC(C)CBr. The Morgan fingerprint density at radius 3 is 2.75 bits per heavy atom. The number of carbonyl (C=O) groups excluding carboxylic acids is 1. The molecule has 0 radical (unpaired) electrons. The van der Waals surface area contributed by atoms with Gasteiger partial charge in [-0.05, 0) is 24.0 Å². The first kappa shape index (κ1) is 13.2. The second-order valence-corrected chi connectivity index (χ2v) is 4.81. The van der Waals surface area contributed by atoms with Crippen LogP contribution in [0.2, 0.25) is 0 Å². The first-order chi connectivity index (χ1) is 7.63. The van der Waals surface area contributed by atoms with E-state index in [1.807, 2.05) is 31.2 Å². The summed E-state index contributed by atoms with van der Waals surface area (Å²) in [6, 6.07) is 7.99. The van der Waals surface area contributed by atoms with Crippen LogP contribution in [0.3, 0.4) is 0 Å². The molecule has 0 saturated carbocycles. The van der Waals surface area contributed by atoms with E-state index >= 15 is 0 Å². The summed E-state index contributed by atoms with van der Waals surface area (Å²) in [4.78, 5) is 11.7. The average molecular weight is 284 g/mol. The first-order valence-electron chi connectivity index (χ1n) is 5.50. The van der Waals surface area contributed by atoms with Crippen molar-refractivity contribution in [2.75, 3.05) is 11.9 Å². The minimum absolute atomic E-state index is 0.0992. The van der Waals surface area contributed by atoms with Gasteiger partial charge in [-0.3, -0.25) is 4.79 Å². The third-order valence-corrected chi connectivity index (χ3v) is 3.63. The molecule has 16 heavy (non-hydrogen) atoms. The summed E-state index contributed by atoms with van der Waals surface area (Å²) in [5.41, 5.74) is 2.28. The number of benzene rings is 1. The Balaban J connectivity index is 2.43. The molecule has 0 aliphatic heterocycles. The van der Waals surface area contributed by atoms with E-state index < -0.39 is 0 Å². The number of nitrogens with one attached hydrogen (secondary N) is 1. The monoisotopic (exact) mass is 283 g/mol. The summed E-state index contributed by atoms with van der Waals surface area (Å²) < 4.78 is 0. The number of aryl methyl sites for hydroxylation is 1. The molecule has 1 aromatic rings. The van der Waals surface area contributed by atoms with E-state index in [2.05, 4.69) is 28.2 Å². The van der Waals surface area contributed by atoms with Crippen molar-refractivity contribution in [2.24, 2.45) is 5.92 Å². The second kappa shape index (κ2) is 6.69. The van der Waals surface area contributed by atoms with Crippen molar-refractivity contribution in [3.05, 3.63) is 35.4 Å². The summed E-state index contributed by atoms with van der Waals surface area (Å²) in [7, 11) is 0. The number of amides is 1. The molecule has 0 aliphatic carbocycles. The van der Waals surface area contributed by atoms with Gasteiger partial charge in [0.1, 0.15) is 0 Å². The van der Waals surface area contributed by atoms with Gasteiger partial charge in [-0.2, -0.15) is 0 Å². The Morgan fingerprint density at radius 1 is 1.44 bits per heavy atom. The van der Waals surface area contributed by atoms with Gasteiger partial charge in [-0.25, -0.2) is 0 Å². The molecule has 2 nitrogen and oxygen atoms in total. The molecular weight excluding hydrogens is 266 g/mol. The van der Waals surface area contributed by atoms with Crippen molar-refractivity contribution in [1.29, 1.82) is 0 Å². The van der Waals surface area contributed by atoms with E-state index in [1.54, 1.807) is 0 Å². The van der Waals surface area contributed by atoms with Gasteiger partial charge in [0, 0.05) is 11.9 Å². The molecule has 1 amide bonds. The molecule has 0 saturated heterocycles. The molecule has 0 aromatic heterocycles. The van der Waals surface area contributed by atoms with Crippen LogP contribution in [0.1, 0.15) is 18.1 Å². The van der Waals surface area contributed by atoms with Gasteiger partial charge in [0.05, 0.1) is 6.42 Å². The van der Waals surface area contributed by atoms with Crippen molar-refractivity contribution in [2.45, 2.75) is 20.3 Å². The summed E-state index contributed by atoms with van der Waals surface area (Å²) in [6.45, 7) is 4.86. The lowest BCUT2D eigenvalue weighted by atomic mass is 10.1. The van der Waals surface area contributed by atoms with Crippen LogP contribution in [0.25, 0.3) is 0 Å². The highest BCUT2D eigenvalue weighted by molar-refractivity contribution is 9.09. The van der Waals surface area contributed by atoms with Crippen LogP contribution in [-0.2, 0) is 11.2 Å². The third-order valence-electron chi connectivity index (χ3n) is 2.52. The number of halogens is 1. The van der Waals surface area contributed by atoms with Crippen molar-refractivity contribution < 1.29 is 4.79 Å². The van der Waals surface area contributed by atoms with E-state index in [1.165, 1.54) is 5.56 Å². The maximum absolute atomic E-state index is 11.7. The Morgan fingerprint density at radius 2 is 2.12 bits per heavy atom. The maximum atomic E-state index is 11.7. The van der Waals surface area contributed by atoms with Crippen molar-refractivity contribution in [1.82, 2.24) is 5.32 Å². The molecule has 1 N–H and O–H groups in total. The quantitative estimate of drug-likeness (QED) is 0.828. The zero-order chi connectivity index (χ0) is 12.0. The average Bonchev–Trinajstić information content (AvgIpc) is 2.29. The molecule has 3 heteroatoms. The van der Waals surface area contributed by atoms with Crippen LogP contribution in [0.5, 0.6) is 0 Å². The van der Waals surface area contributed by atoms with Gasteiger partial charge < -0.3 is 5.32 Å². The normalized spacial score (nSPS) is 12.2. The fraction of sp³-hybridized carbons (Fsp3) is 0.462. The Hall–Kier alpha value is -0.830. The fourth-order valence-corrected chi connectivity index (χ4v) is 1.62. The summed E-state index contributed by atoms with van der Waals surface area (Å²) in [6.07, 6.45) is 0.474. The van der Waals surface area contributed by atoms with E-state index in [0.29, 0.717) is 12.3 Å². The second-order valence-electron chi connectivity index (χ2n) is 4.17. The predicted octanol–water partition coefficient (Wildman–Crippen LogP) is 2.68. The van der Waals surface area contributed by atoms with Crippen LogP contribution in [0.15, 0.2) is 24.3 Å². The standard InChI is InChI=1S/C13H18BrNO/c1-10(8-14)9-15-13(16)7-12-6-4-3-5-11(12)2/h3-6,10H,7-9H2,1-2H3,(H,15,16). The van der Waals surface area contributed by atoms with Gasteiger partial charge in [-0.15, -0.1) is 0 Å². The number of rotatable bonds is 5. The smallest absolute Gasteiger partial charge is 0.224 e. The van der Waals surface area contributed by atoms with Crippen LogP contribution in [0.4, 0.5) is 0 Å². The first-order valence-corrected chi connectivity index (χ1v) is 6.62. The topological polar surface area (TPSA) is 29.1 Å². The van der Waals surface area contributed by atoms with Gasteiger partial charge in [0.25, 0.3) is 0 Å². The zero-order valence-electron chi connectivity index (χ0n) is 9.79. The minimum Gasteiger partial charge on any atom is -0.356 e. The van der Waals surface area contributed by atoms with Gasteiger partial charge in [-0.1, -0.05) is 47.1 Å². The van der Waals surface area contributed by atoms with E-state index in [-0.39, 0.29) is 5.91 Å². The molecule has 0 bridgehead atoms. The highest BCUT2D eigenvalue weighted by Crippen LogP contribution is 2.07. The molecular formula is C13H18BrNO. The summed E-state index contributed by atoms with van der Waals surface area (Å²) in [5, 5.41) is 3.85. The van der Waals surface area contributed by atoms with Gasteiger partial charge in [0.2, 0.25) is 5.91 Å². The van der Waals surface area contributed by atoms with Gasteiger partial charge in [0.15, 0.2) is 0 Å². The van der Waals surface area contributed by atoms with Gasteiger partial charge >= 0.3 is 0 Å². The molecule has 1 rings (SSSR count). The molecule has 88 valence electrons. The van der Waals surface area contributed by atoms with Crippen LogP contribution >= 0.6 is 15.9 Å². The van der Waals surface area contributed by atoms with E-state index in [4.69, 9.17) is 0 Å². The van der Waals surface area contributed by atoms with Crippen LogP contribution < -0.4 is 5.32 Å². The Kier molecular flexibility index (Phi) is 5.53. The molecule has 0 heterocycles. The summed E-state index contributed by atoms with van der Waals surface area (Å²) >= 11 is 3.39. The molecule has 0 spiro atoms. The van der Waals surface area contributed by atoms with E-state index in [9.17, 15) is 4.79 Å². The molecule has 1 unspecified atom stereocenters. The van der Waals surface area contributed by atoms with Crippen molar-refractivity contribution in [3.63, 3.8) is 0 Å². The van der Waals surface area contributed by atoms with Crippen LogP contribution in [-0.4, -0.2) is 17.8 Å². The summed E-state index contributed by atoms with van der Waals surface area (Å²) in [5.74, 6) is 0.572. The molecule has 0 aliphatic rings. The fourth-order valence-electron chi connectivity index (χ4n) is 1.39. The number of alkyl halides is 1. The van der Waals surface area contributed by atoms with E-state index in [0.717, 1.165) is 17.4 Å². The lowest BCUT2D eigenvalue weighted by Gasteiger charge is -2.10. The maximum Gasteiger partial charge on any atom is 0.224 e. The largest absolute Gasteiger partial charge is 0.356 e.